The van der Waals surface area contributed by atoms with Gasteiger partial charge in [-0.15, -0.1) is 0 Å². The summed E-state index contributed by atoms with van der Waals surface area (Å²) in [4.78, 5) is 14.0. The number of aryl methyl sites for hydroxylation is 1. The molecule has 4 rings (SSSR count). The molecule has 1 aliphatic heterocycles. The molecule has 2 heterocycles. The number of anilines is 1. The summed E-state index contributed by atoms with van der Waals surface area (Å²) in [5.41, 5.74) is 4.83. The van der Waals surface area contributed by atoms with Crippen LogP contribution in [0.4, 0.5) is 5.69 Å². The summed E-state index contributed by atoms with van der Waals surface area (Å²) in [7, 11) is 2.13. The molecule has 1 aliphatic rings. The Morgan fingerprint density at radius 2 is 1.83 bits per heavy atom. The van der Waals surface area contributed by atoms with Gasteiger partial charge in [-0.3, -0.25) is 4.79 Å². The van der Waals surface area contributed by atoms with Gasteiger partial charge in [0.15, 0.2) is 0 Å². The number of amides is 1. The lowest BCUT2D eigenvalue weighted by Crippen LogP contribution is -2.35. The lowest BCUT2D eigenvalue weighted by Gasteiger charge is -2.26. The van der Waals surface area contributed by atoms with Gasteiger partial charge in [-0.1, -0.05) is 43.3 Å². The zero-order valence-electron chi connectivity index (χ0n) is 14.4. The van der Waals surface area contributed by atoms with Crippen LogP contribution in [0.2, 0.25) is 0 Å². The molecule has 1 aromatic heterocycles. The van der Waals surface area contributed by atoms with Crippen molar-refractivity contribution in [1.82, 2.24) is 4.57 Å². The van der Waals surface area contributed by atoms with Crippen molar-refractivity contribution in [3.63, 3.8) is 0 Å². The van der Waals surface area contributed by atoms with E-state index in [2.05, 4.69) is 67.1 Å². The molecule has 2 aromatic carbocycles. The van der Waals surface area contributed by atoms with Gasteiger partial charge in [-0.05, 0) is 35.6 Å². The Morgan fingerprint density at radius 3 is 2.58 bits per heavy atom. The first kappa shape index (κ1) is 15.0. The van der Waals surface area contributed by atoms with E-state index in [1.807, 2.05) is 11.0 Å². The Labute approximate surface area is 142 Å². The zero-order valence-corrected chi connectivity index (χ0v) is 14.4. The van der Waals surface area contributed by atoms with Crippen molar-refractivity contribution in [3.05, 3.63) is 65.9 Å². The molecular weight excluding hydrogens is 296 g/mol. The summed E-state index contributed by atoms with van der Waals surface area (Å²) in [6.45, 7) is 4.66. The minimum Gasteiger partial charge on any atom is -0.348 e. The topological polar surface area (TPSA) is 25.2 Å². The second-order valence-electron chi connectivity index (χ2n) is 7.11. The van der Waals surface area contributed by atoms with Crippen molar-refractivity contribution >= 4 is 22.5 Å². The zero-order chi connectivity index (χ0) is 16.9. The van der Waals surface area contributed by atoms with E-state index < -0.39 is 0 Å². The van der Waals surface area contributed by atoms with Crippen molar-refractivity contribution in [3.8, 4) is 0 Å². The molecule has 0 saturated heterocycles. The van der Waals surface area contributed by atoms with Crippen LogP contribution < -0.4 is 4.90 Å². The van der Waals surface area contributed by atoms with Gasteiger partial charge in [0.2, 0.25) is 5.91 Å². The largest absolute Gasteiger partial charge is 0.348 e. The van der Waals surface area contributed by atoms with Gasteiger partial charge in [-0.25, -0.2) is 0 Å². The van der Waals surface area contributed by atoms with E-state index in [4.69, 9.17) is 0 Å². The molecule has 0 radical (unpaired) electrons. The predicted molar refractivity (Wildman–Crippen MR) is 98.4 cm³/mol. The van der Waals surface area contributed by atoms with Gasteiger partial charge < -0.3 is 9.47 Å². The number of fused-ring (bicyclic) bond motifs is 2. The van der Waals surface area contributed by atoms with E-state index in [1.165, 1.54) is 22.2 Å². The van der Waals surface area contributed by atoms with Crippen LogP contribution >= 0.6 is 0 Å². The summed E-state index contributed by atoms with van der Waals surface area (Å²) in [6.07, 6.45) is 0.916. The SMILES string of the molecule is CC(=O)N1CC(C)(Cc2cc3ccccc3n2C)c2ccccc21. The van der Waals surface area contributed by atoms with Crippen LogP contribution in [0.5, 0.6) is 0 Å². The Hall–Kier alpha value is -2.55. The van der Waals surface area contributed by atoms with E-state index in [1.54, 1.807) is 6.92 Å². The number of hydrogen-bond acceptors (Lipinski definition) is 1. The van der Waals surface area contributed by atoms with Crippen molar-refractivity contribution in [2.45, 2.75) is 25.7 Å². The highest BCUT2D eigenvalue weighted by Crippen LogP contribution is 2.43. The summed E-state index contributed by atoms with van der Waals surface area (Å²) in [5, 5.41) is 1.27. The molecule has 0 saturated carbocycles. The molecule has 0 fully saturated rings. The quantitative estimate of drug-likeness (QED) is 0.700. The maximum atomic E-state index is 12.1. The standard InChI is InChI=1S/C21H22N2O/c1-15(24)23-14-21(2,18-9-5-7-11-20(18)23)13-17-12-16-8-4-6-10-19(16)22(17)3/h4-12H,13-14H2,1-3H3. The first-order chi connectivity index (χ1) is 11.5. The van der Waals surface area contributed by atoms with E-state index in [-0.39, 0.29) is 11.3 Å². The van der Waals surface area contributed by atoms with Gasteiger partial charge in [0.25, 0.3) is 0 Å². The third kappa shape index (κ3) is 2.15. The minimum absolute atomic E-state index is 0.0651. The molecule has 0 spiro atoms. The Morgan fingerprint density at radius 1 is 1.12 bits per heavy atom. The van der Waals surface area contributed by atoms with E-state index in [0.29, 0.717) is 0 Å². The molecular formula is C21H22N2O. The number of carbonyl (C=O) groups excluding carboxylic acids is 1. The fourth-order valence-corrected chi connectivity index (χ4v) is 4.09. The number of hydrogen-bond donors (Lipinski definition) is 0. The molecule has 3 heteroatoms. The second kappa shape index (κ2) is 5.23. The summed E-state index contributed by atoms with van der Waals surface area (Å²) < 4.78 is 2.28. The van der Waals surface area contributed by atoms with Crippen molar-refractivity contribution in [2.75, 3.05) is 11.4 Å². The van der Waals surface area contributed by atoms with Crippen molar-refractivity contribution in [1.29, 1.82) is 0 Å². The second-order valence-corrected chi connectivity index (χ2v) is 7.11. The van der Waals surface area contributed by atoms with E-state index in [0.717, 1.165) is 18.7 Å². The molecule has 1 unspecified atom stereocenters. The molecule has 1 atom stereocenters. The third-order valence-corrected chi connectivity index (χ3v) is 5.35. The normalized spacial score (nSPS) is 19.7. The first-order valence-electron chi connectivity index (χ1n) is 8.40. The van der Waals surface area contributed by atoms with Gasteiger partial charge in [-0.2, -0.15) is 0 Å². The number of nitrogens with zero attached hydrogens (tertiary/aromatic N) is 2. The van der Waals surface area contributed by atoms with E-state index in [9.17, 15) is 4.79 Å². The van der Waals surface area contributed by atoms with Crippen LogP contribution in [-0.2, 0) is 23.7 Å². The van der Waals surface area contributed by atoms with Crippen LogP contribution in [-0.4, -0.2) is 17.0 Å². The van der Waals surface area contributed by atoms with Crippen LogP contribution in [0.3, 0.4) is 0 Å². The highest BCUT2D eigenvalue weighted by Gasteiger charge is 2.40. The highest BCUT2D eigenvalue weighted by molar-refractivity contribution is 5.94. The summed E-state index contributed by atoms with van der Waals surface area (Å²) in [5.74, 6) is 0.114. The molecule has 24 heavy (non-hydrogen) atoms. The first-order valence-corrected chi connectivity index (χ1v) is 8.40. The molecule has 0 aliphatic carbocycles. The maximum Gasteiger partial charge on any atom is 0.223 e. The van der Waals surface area contributed by atoms with Crippen LogP contribution in [0.15, 0.2) is 54.6 Å². The lowest BCUT2D eigenvalue weighted by atomic mass is 9.80. The number of rotatable bonds is 2. The van der Waals surface area contributed by atoms with Crippen molar-refractivity contribution < 1.29 is 4.79 Å². The van der Waals surface area contributed by atoms with Gasteiger partial charge in [0.05, 0.1) is 0 Å². The monoisotopic (exact) mass is 318 g/mol. The number of carbonyl (C=O) groups is 1. The van der Waals surface area contributed by atoms with Crippen LogP contribution in [0.25, 0.3) is 10.9 Å². The molecule has 122 valence electrons. The average Bonchev–Trinajstić information content (AvgIpc) is 3.04. The fourth-order valence-electron chi connectivity index (χ4n) is 4.09. The average molecular weight is 318 g/mol. The Bertz CT molecular complexity index is 940. The van der Waals surface area contributed by atoms with Gasteiger partial charge >= 0.3 is 0 Å². The summed E-state index contributed by atoms with van der Waals surface area (Å²) in [6, 6.07) is 19.1. The predicted octanol–water partition coefficient (Wildman–Crippen LogP) is 4.05. The van der Waals surface area contributed by atoms with Crippen molar-refractivity contribution in [2.24, 2.45) is 7.05 Å². The van der Waals surface area contributed by atoms with Gasteiger partial charge in [0, 0.05) is 42.8 Å². The third-order valence-electron chi connectivity index (χ3n) is 5.35. The molecule has 0 N–H and O–H groups in total. The minimum atomic E-state index is -0.0651. The number of benzene rings is 2. The smallest absolute Gasteiger partial charge is 0.223 e. The molecule has 1 amide bonds. The lowest BCUT2D eigenvalue weighted by molar-refractivity contribution is -0.116. The molecule has 3 nitrogen and oxygen atoms in total. The molecule has 0 bridgehead atoms. The van der Waals surface area contributed by atoms with Crippen LogP contribution in [0.1, 0.15) is 25.1 Å². The maximum absolute atomic E-state index is 12.1. The van der Waals surface area contributed by atoms with E-state index >= 15 is 0 Å². The number of para-hydroxylation sites is 2. The molecule has 3 aromatic rings. The fraction of sp³-hybridized carbons (Fsp3) is 0.286. The van der Waals surface area contributed by atoms with Crippen LogP contribution in [0, 0.1) is 0 Å². The van der Waals surface area contributed by atoms with Gasteiger partial charge in [0.1, 0.15) is 0 Å². The summed E-state index contributed by atoms with van der Waals surface area (Å²) >= 11 is 0. The highest BCUT2D eigenvalue weighted by atomic mass is 16.2. The Balaban J connectivity index is 1.78. The number of aromatic nitrogens is 1. The Kier molecular flexibility index (Phi) is 3.27.